The van der Waals surface area contributed by atoms with E-state index in [2.05, 4.69) is 25.5 Å². The number of halogens is 2. The summed E-state index contributed by atoms with van der Waals surface area (Å²) in [6.45, 7) is 1.97. The van der Waals surface area contributed by atoms with Crippen LogP contribution in [0, 0.1) is 6.92 Å². The van der Waals surface area contributed by atoms with Gasteiger partial charge in [0.15, 0.2) is 5.82 Å². The number of rotatable bonds is 4. The monoisotopic (exact) mass is 424 g/mol. The third kappa shape index (κ3) is 3.96. The van der Waals surface area contributed by atoms with Crippen LogP contribution in [0.4, 0.5) is 5.69 Å². The van der Waals surface area contributed by atoms with E-state index in [1.54, 1.807) is 30.6 Å². The third-order valence-corrected chi connectivity index (χ3v) is 4.82. The van der Waals surface area contributed by atoms with Gasteiger partial charge in [-0.25, -0.2) is 4.98 Å². The van der Waals surface area contributed by atoms with E-state index in [1.807, 2.05) is 19.1 Å². The molecule has 3 heterocycles. The number of nitrogens with one attached hydrogen (secondary N) is 1. The van der Waals surface area contributed by atoms with Gasteiger partial charge in [0.05, 0.1) is 39.9 Å². The van der Waals surface area contributed by atoms with Gasteiger partial charge >= 0.3 is 0 Å². The zero-order valence-corrected chi connectivity index (χ0v) is 16.7. The fourth-order valence-electron chi connectivity index (χ4n) is 2.83. The van der Waals surface area contributed by atoms with E-state index in [9.17, 15) is 4.79 Å². The molecule has 9 heteroatoms. The average Bonchev–Trinajstić information content (AvgIpc) is 3.23. The second-order valence-electron chi connectivity index (χ2n) is 6.19. The van der Waals surface area contributed by atoms with Crippen LogP contribution in [0.25, 0.3) is 16.9 Å². The average molecular weight is 425 g/mol. The van der Waals surface area contributed by atoms with Crippen LogP contribution in [0.1, 0.15) is 15.9 Å². The Morgan fingerprint density at radius 1 is 1.00 bits per heavy atom. The van der Waals surface area contributed by atoms with Crippen molar-refractivity contribution in [1.29, 1.82) is 0 Å². The minimum absolute atomic E-state index is 0.300. The molecular formula is C20H14Cl2N6O. The lowest BCUT2D eigenvalue weighted by Gasteiger charge is -2.10. The third-order valence-electron chi connectivity index (χ3n) is 4.23. The van der Waals surface area contributed by atoms with E-state index in [0.717, 1.165) is 16.7 Å². The summed E-state index contributed by atoms with van der Waals surface area (Å²) in [4.78, 5) is 22.3. The summed E-state index contributed by atoms with van der Waals surface area (Å²) in [6, 6.07) is 8.78. The summed E-state index contributed by atoms with van der Waals surface area (Å²) >= 11 is 12.6. The van der Waals surface area contributed by atoms with Gasteiger partial charge in [0.25, 0.3) is 5.91 Å². The first kappa shape index (κ1) is 19.0. The molecule has 0 atom stereocenters. The van der Waals surface area contributed by atoms with Crippen molar-refractivity contribution in [2.45, 2.75) is 6.92 Å². The molecule has 0 saturated heterocycles. The number of anilines is 1. The summed E-state index contributed by atoms with van der Waals surface area (Å²) in [5.41, 5.74) is 3.71. The Hall–Kier alpha value is -3.29. The summed E-state index contributed by atoms with van der Waals surface area (Å²) in [5.74, 6) is 0.000558. The fourth-order valence-corrected chi connectivity index (χ4v) is 3.34. The molecule has 0 radical (unpaired) electrons. The summed E-state index contributed by atoms with van der Waals surface area (Å²) in [6.07, 6.45) is 8.02. The van der Waals surface area contributed by atoms with Gasteiger partial charge in [0, 0.05) is 12.4 Å². The molecule has 144 valence electrons. The van der Waals surface area contributed by atoms with Gasteiger partial charge in [0.2, 0.25) is 0 Å². The smallest absolute Gasteiger partial charge is 0.257 e. The van der Waals surface area contributed by atoms with E-state index in [4.69, 9.17) is 23.2 Å². The van der Waals surface area contributed by atoms with Crippen molar-refractivity contribution in [2.75, 3.05) is 5.32 Å². The van der Waals surface area contributed by atoms with Gasteiger partial charge in [-0.15, -0.1) is 4.80 Å². The van der Waals surface area contributed by atoms with Crippen LogP contribution in [0.2, 0.25) is 10.0 Å². The standard InChI is InChI=1S/C20H14Cl2N6O/c1-12-10-23-5-4-15(12)13-2-3-16(17(21)8-13)20(29)27-14-9-18(22)19(24-11-14)28-25-6-7-26-28/h2-11H,1H3,(H,27,29). The van der Waals surface area contributed by atoms with Crippen molar-refractivity contribution in [3.05, 3.63) is 82.5 Å². The first-order chi connectivity index (χ1) is 14.0. The maximum absolute atomic E-state index is 12.7. The summed E-state index contributed by atoms with van der Waals surface area (Å²) in [7, 11) is 0. The van der Waals surface area contributed by atoms with Crippen molar-refractivity contribution < 1.29 is 4.79 Å². The molecule has 3 aromatic heterocycles. The number of carbonyl (C=O) groups is 1. The highest BCUT2D eigenvalue weighted by atomic mass is 35.5. The van der Waals surface area contributed by atoms with Crippen LogP contribution in [0.3, 0.4) is 0 Å². The summed E-state index contributed by atoms with van der Waals surface area (Å²) < 4.78 is 0. The van der Waals surface area contributed by atoms with Gasteiger partial charge in [-0.2, -0.15) is 10.2 Å². The summed E-state index contributed by atoms with van der Waals surface area (Å²) in [5, 5.41) is 11.4. The number of nitrogens with zero attached hydrogens (tertiary/aromatic N) is 5. The van der Waals surface area contributed by atoms with Crippen molar-refractivity contribution >= 4 is 34.8 Å². The number of amides is 1. The predicted molar refractivity (Wildman–Crippen MR) is 112 cm³/mol. The molecule has 4 aromatic rings. The van der Waals surface area contributed by atoms with E-state index < -0.39 is 0 Å². The van der Waals surface area contributed by atoms with Gasteiger partial charge in [-0.1, -0.05) is 29.3 Å². The van der Waals surface area contributed by atoms with Crippen LogP contribution in [0.5, 0.6) is 0 Å². The highest BCUT2D eigenvalue weighted by Gasteiger charge is 2.14. The molecule has 0 bridgehead atoms. The zero-order chi connectivity index (χ0) is 20.4. The Bertz CT molecular complexity index is 1190. The number of aromatic nitrogens is 5. The van der Waals surface area contributed by atoms with Crippen LogP contribution in [-0.2, 0) is 0 Å². The molecule has 1 N–H and O–H groups in total. The predicted octanol–water partition coefficient (Wildman–Crippen LogP) is 4.59. The lowest BCUT2D eigenvalue weighted by molar-refractivity contribution is 0.102. The molecular weight excluding hydrogens is 411 g/mol. The Morgan fingerprint density at radius 3 is 2.48 bits per heavy atom. The molecule has 0 aliphatic rings. The largest absolute Gasteiger partial charge is 0.320 e. The number of carbonyl (C=O) groups excluding carboxylic acids is 1. The Kier molecular flexibility index (Phi) is 5.24. The minimum Gasteiger partial charge on any atom is -0.320 e. The topological polar surface area (TPSA) is 85.6 Å². The lowest BCUT2D eigenvalue weighted by atomic mass is 10.0. The lowest BCUT2D eigenvalue weighted by Crippen LogP contribution is -2.13. The molecule has 1 amide bonds. The SMILES string of the molecule is Cc1cnccc1-c1ccc(C(=O)Nc2cnc(-n3nccn3)c(Cl)c2)c(Cl)c1. The molecule has 0 saturated carbocycles. The van der Waals surface area contributed by atoms with Crippen LogP contribution >= 0.6 is 23.2 Å². The Balaban J connectivity index is 1.56. The van der Waals surface area contributed by atoms with Crippen LogP contribution < -0.4 is 5.32 Å². The van der Waals surface area contributed by atoms with Crippen molar-refractivity contribution in [1.82, 2.24) is 25.0 Å². The van der Waals surface area contributed by atoms with E-state index in [-0.39, 0.29) is 5.91 Å². The highest BCUT2D eigenvalue weighted by Crippen LogP contribution is 2.28. The normalized spacial score (nSPS) is 10.7. The van der Waals surface area contributed by atoms with Crippen molar-refractivity contribution in [2.24, 2.45) is 0 Å². The number of aryl methyl sites for hydroxylation is 1. The van der Waals surface area contributed by atoms with Gasteiger partial charge < -0.3 is 5.32 Å². The molecule has 7 nitrogen and oxygen atoms in total. The zero-order valence-electron chi connectivity index (χ0n) is 15.2. The van der Waals surface area contributed by atoms with Crippen molar-refractivity contribution in [3.8, 4) is 16.9 Å². The second-order valence-corrected chi connectivity index (χ2v) is 7.00. The number of benzene rings is 1. The first-order valence-corrected chi connectivity index (χ1v) is 9.32. The highest BCUT2D eigenvalue weighted by molar-refractivity contribution is 6.35. The molecule has 0 aliphatic heterocycles. The molecule has 0 unspecified atom stereocenters. The van der Waals surface area contributed by atoms with Crippen molar-refractivity contribution in [3.63, 3.8) is 0 Å². The van der Waals surface area contributed by atoms with Gasteiger partial charge in [-0.05, 0) is 47.9 Å². The van der Waals surface area contributed by atoms with Gasteiger partial charge in [0.1, 0.15) is 0 Å². The van der Waals surface area contributed by atoms with E-state index in [1.165, 1.54) is 23.4 Å². The molecule has 0 spiro atoms. The maximum Gasteiger partial charge on any atom is 0.257 e. The molecule has 29 heavy (non-hydrogen) atoms. The number of hydrogen-bond acceptors (Lipinski definition) is 5. The number of pyridine rings is 2. The molecule has 0 aliphatic carbocycles. The molecule has 4 rings (SSSR count). The maximum atomic E-state index is 12.7. The second kappa shape index (κ2) is 7.98. The number of hydrogen-bond donors (Lipinski definition) is 1. The quantitative estimate of drug-likeness (QED) is 0.517. The van der Waals surface area contributed by atoms with E-state index >= 15 is 0 Å². The Morgan fingerprint density at radius 2 is 1.79 bits per heavy atom. The first-order valence-electron chi connectivity index (χ1n) is 8.57. The Labute approximate surface area is 176 Å². The fraction of sp³-hybridized carbons (Fsp3) is 0.0500. The van der Waals surface area contributed by atoms with Gasteiger partial charge in [-0.3, -0.25) is 9.78 Å². The molecule has 1 aromatic carbocycles. The van der Waals surface area contributed by atoms with Crippen LogP contribution in [0.15, 0.2) is 61.3 Å². The molecule has 0 fully saturated rings. The van der Waals surface area contributed by atoms with Crippen LogP contribution in [-0.4, -0.2) is 30.9 Å². The minimum atomic E-state index is -0.365. The van der Waals surface area contributed by atoms with E-state index in [0.29, 0.717) is 27.1 Å².